The molecular weight excluding hydrogens is 138 g/mol. The molecule has 60 valence electrons. The maximum atomic E-state index is 6.02. The summed E-state index contributed by atoms with van der Waals surface area (Å²) in [5.74, 6) is 0. The molecule has 0 aromatic carbocycles. The van der Waals surface area contributed by atoms with E-state index in [0.717, 1.165) is 5.56 Å². The van der Waals surface area contributed by atoms with E-state index in [1.807, 2.05) is 6.07 Å². The lowest BCUT2D eigenvalue weighted by molar-refractivity contribution is 0.445. The van der Waals surface area contributed by atoms with Gasteiger partial charge in [0.15, 0.2) is 0 Å². The summed E-state index contributed by atoms with van der Waals surface area (Å²) < 4.78 is 4.98. The lowest BCUT2D eigenvalue weighted by Gasteiger charge is -2.16. The van der Waals surface area contributed by atoms with Gasteiger partial charge in [0, 0.05) is 11.6 Å². The van der Waals surface area contributed by atoms with Crippen LogP contribution in [0.15, 0.2) is 23.0 Å². The van der Waals surface area contributed by atoms with Crippen LogP contribution in [0.5, 0.6) is 0 Å². The molecule has 0 bridgehead atoms. The SMILES string of the molecule is CC1(C(N)c2ccoc2)CC1. The molecule has 2 nitrogen and oxygen atoms in total. The minimum atomic E-state index is 0.168. The summed E-state index contributed by atoms with van der Waals surface area (Å²) in [4.78, 5) is 0. The fourth-order valence-electron chi connectivity index (χ4n) is 1.36. The van der Waals surface area contributed by atoms with Crippen molar-refractivity contribution >= 4 is 0 Å². The molecule has 1 saturated carbocycles. The topological polar surface area (TPSA) is 39.2 Å². The number of rotatable bonds is 2. The van der Waals surface area contributed by atoms with Crippen molar-refractivity contribution < 1.29 is 4.42 Å². The molecule has 0 amide bonds. The molecule has 1 aromatic rings. The maximum absolute atomic E-state index is 6.02. The van der Waals surface area contributed by atoms with Crippen molar-refractivity contribution in [1.82, 2.24) is 0 Å². The molecule has 1 fully saturated rings. The average molecular weight is 151 g/mol. The predicted octanol–water partition coefficient (Wildman–Crippen LogP) is 2.08. The Labute approximate surface area is 66.4 Å². The van der Waals surface area contributed by atoms with Crippen LogP contribution in [0.25, 0.3) is 0 Å². The lowest BCUT2D eigenvalue weighted by Crippen LogP contribution is -2.19. The first-order valence-corrected chi connectivity index (χ1v) is 4.00. The van der Waals surface area contributed by atoms with Crippen LogP contribution in [-0.4, -0.2) is 0 Å². The first-order chi connectivity index (χ1) is 5.22. The number of furan rings is 1. The second-order valence-electron chi connectivity index (χ2n) is 3.69. The Kier molecular flexibility index (Phi) is 1.33. The summed E-state index contributed by atoms with van der Waals surface area (Å²) in [5.41, 5.74) is 7.50. The Morgan fingerprint density at radius 1 is 1.64 bits per heavy atom. The summed E-state index contributed by atoms with van der Waals surface area (Å²) in [6.07, 6.45) is 5.92. The van der Waals surface area contributed by atoms with Crippen LogP contribution in [0, 0.1) is 5.41 Å². The van der Waals surface area contributed by atoms with Crippen LogP contribution in [0.1, 0.15) is 31.4 Å². The highest BCUT2D eigenvalue weighted by Gasteiger charge is 2.43. The van der Waals surface area contributed by atoms with Gasteiger partial charge in [-0.15, -0.1) is 0 Å². The van der Waals surface area contributed by atoms with Crippen LogP contribution >= 0.6 is 0 Å². The van der Waals surface area contributed by atoms with Gasteiger partial charge in [0.1, 0.15) is 0 Å². The molecule has 2 rings (SSSR count). The van der Waals surface area contributed by atoms with Crippen molar-refractivity contribution in [3.05, 3.63) is 24.2 Å². The molecule has 2 N–H and O–H groups in total. The molecule has 1 heterocycles. The zero-order valence-electron chi connectivity index (χ0n) is 6.71. The minimum Gasteiger partial charge on any atom is -0.472 e. The third kappa shape index (κ3) is 1.07. The van der Waals surface area contributed by atoms with Gasteiger partial charge in [-0.1, -0.05) is 6.92 Å². The van der Waals surface area contributed by atoms with Gasteiger partial charge >= 0.3 is 0 Å². The number of hydrogen-bond donors (Lipinski definition) is 1. The van der Waals surface area contributed by atoms with Gasteiger partial charge in [-0.2, -0.15) is 0 Å². The van der Waals surface area contributed by atoms with E-state index in [4.69, 9.17) is 10.2 Å². The molecule has 2 heteroatoms. The van der Waals surface area contributed by atoms with E-state index >= 15 is 0 Å². The first-order valence-electron chi connectivity index (χ1n) is 4.00. The second kappa shape index (κ2) is 2.11. The maximum Gasteiger partial charge on any atom is 0.0950 e. The fourth-order valence-corrected chi connectivity index (χ4v) is 1.36. The third-order valence-corrected chi connectivity index (χ3v) is 2.69. The monoisotopic (exact) mass is 151 g/mol. The average Bonchev–Trinajstić information content (AvgIpc) is 2.54. The summed E-state index contributed by atoms with van der Waals surface area (Å²) in [6.45, 7) is 2.23. The van der Waals surface area contributed by atoms with Crippen LogP contribution in [0.4, 0.5) is 0 Å². The van der Waals surface area contributed by atoms with Gasteiger partial charge in [-0.3, -0.25) is 0 Å². The van der Waals surface area contributed by atoms with Gasteiger partial charge < -0.3 is 10.2 Å². The van der Waals surface area contributed by atoms with E-state index in [9.17, 15) is 0 Å². The molecule has 0 spiro atoms. The molecule has 11 heavy (non-hydrogen) atoms. The zero-order chi connectivity index (χ0) is 7.90. The molecule has 0 saturated heterocycles. The standard InChI is InChI=1S/C9H13NO/c1-9(3-4-9)8(10)7-2-5-11-6-7/h2,5-6,8H,3-4,10H2,1H3. The van der Waals surface area contributed by atoms with Crippen LogP contribution < -0.4 is 5.73 Å². The minimum absolute atomic E-state index is 0.168. The number of hydrogen-bond acceptors (Lipinski definition) is 2. The molecule has 0 aliphatic heterocycles. The van der Waals surface area contributed by atoms with E-state index < -0.39 is 0 Å². The van der Waals surface area contributed by atoms with Crippen molar-refractivity contribution in [2.24, 2.45) is 11.1 Å². The van der Waals surface area contributed by atoms with Crippen LogP contribution in [0.3, 0.4) is 0 Å². The molecule has 1 atom stereocenters. The zero-order valence-corrected chi connectivity index (χ0v) is 6.71. The molecular formula is C9H13NO. The molecule has 0 radical (unpaired) electrons. The fraction of sp³-hybridized carbons (Fsp3) is 0.556. The van der Waals surface area contributed by atoms with E-state index in [1.165, 1.54) is 12.8 Å². The van der Waals surface area contributed by atoms with Gasteiger partial charge in [0.05, 0.1) is 12.5 Å². The summed E-state index contributed by atoms with van der Waals surface area (Å²) in [6, 6.07) is 2.12. The van der Waals surface area contributed by atoms with E-state index in [1.54, 1.807) is 12.5 Å². The van der Waals surface area contributed by atoms with E-state index in [2.05, 4.69) is 6.92 Å². The van der Waals surface area contributed by atoms with Crippen molar-refractivity contribution in [1.29, 1.82) is 0 Å². The first kappa shape index (κ1) is 6.92. The van der Waals surface area contributed by atoms with Gasteiger partial charge in [0.2, 0.25) is 0 Å². The summed E-state index contributed by atoms with van der Waals surface area (Å²) >= 11 is 0. The quantitative estimate of drug-likeness (QED) is 0.702. The van der Waals surface area contributed by atoms with E-state index in [-0.39, 0.29) is 6.04 Å². The predicted molar refractivity (Wildman–Crippen MR) is 43.0 cm³/mol. The highest BCUT2D eigenvalue weighted by atomic mass is 16.3. The van der Waals surface area contributed by atoms with Crippen molar-refractivity contribution in [2.75, 3.05) is 0 Å². The van der Waals surface area contributed by atoms with Crippen LogP contribution in [-0.2, 0) is 0 Å². The summed E-state index contributed by atoms with van der Waals surface area (Å²) in [5, 5.41) is 0. The Hall–Kier alpha value is -0.760. The second-order valence-corrected chi connectivity index (χ2v) is 3.69. The van der Waals surface area contributed by atoms with Crippen molar-refractivity contribution in [3.63, 3.8) is 0 Å². The Bertz CT molecular complexity index is 236. The molecule has 1 aromatic heterocycles. The molecule has 1 aliphatic rings. The third-order valence-electron chi connectivity index (χ3n) is 2.69. The molecule has 1 aliphatic carbocycles. The van der Waals surface area contributed by atoms with Crippen molar-refractivity contribution in [2.45, 2.75) is 25.8 Å². The normalized spacial score (nSPS) is 23.1. The molecule has 1 unspecified atom stereocenters. The van der Waals surface area contributed by atoms with Gasteiger partial charge in [-0.05, 0) is 24.3 Å². The van der Waals surface area contributed by atoms with Crippen LogP contribution in [0.2, 0.25) is 0 Å². The Balaban J connectivity index is 2.17. The Morgan fingerprint density at radius 3 is 2.82 bits per heavy atom. The highest BCUT2D eigenvalue weighted by Crippen LogP contribution is 2.53. The Morgan fingerprint density at radius 2 is 2.36 bits per heavy atom. The van der Waals surface area contributed by atoms with Gasteiger partial charge in [-0.25, -0.2) is 0 Å². The highest BCUT2D eigenvalue weighted by molar-refractivity contribution is 5.17. The number of nitrogens with two attached hydrogens (primary N) is 1. The summed E-state index contributed by atoms with van der Waals surface area (Å²) in [7, 11) is 0. The smallest absolute Gasteiger partial charge is 0.0950 e. The largest absolute Gasteiger partial charge is 0.472 e. The van der Waals surface area contributed by atoms with Crippen molar-refractivity contribution in [3.8, 4) is 0 Å². The van der Waals surface area contributed by atoms with E-state index in [0.29, 0.717) is 5.41 Å². The van der Waals surface area contributed by atoms with Gasteiger partial charge in [0.25, 0.3) is 0 Å². The lowest BCUT2D eigenvalue weighted by atomic mass is 9.95.